The number of ketones is 1. The van der Waals surface area contributed by atoms with Crippen LogP contribution in [0.5, 0.6) is 0 Å². The van der Waals surface area contributed by atoms with Crippen molar-refractivity contribution < 1.29 is 24.0 Å². The molecule has 1 saturated carbocycles. The van der Waals surface area contributed by atoms with Crippen molar-refractivity contribution >= 4 is 17.7 Å². The van der Waals surface area contributed by atoms with Crippen LogP contribution in [0.1, 0.15) is 36.8 Å². The molecule has 1 amide bonds. The Bertz CT molecular complexity index is 1040. The fraction of sp³-hybridized carbons (Fsp3) is 0.375. The summed E-state index contributed by atoms with van der Waals surface area (Å²) in [5, 5.41) is 12.2. The zero-order chi connectivity index (χ0) is 22.9. The van der Waals surface area contributed by atoms with E-state index in [1.165, 1.54) is 11.8 Å². The average molecular weight is 436 g/mol. The normalized spacial score (nSPS) is 27.5. The molecule has 0 bridgehead atoms. The Morgan fingerprint density at radius 2 is 1.75 bits per heavy atom. The first-order valence-corrected chi connectivity index (χ1v) is 10.6. The molecule has 2 aliphatic rings. The second-order valence-corrected chi connectivity index (χ2v) is 8.48. The lowest BCUT2D eigenvalue weighted by Crippen LogP contribution is -2.55. The van der Waals surface area contributed by atoms with E-state index in [1.807, 2.05) is 30.3 Å². The van der Waals surface area contributed by atoms with E-state index in [4.69, 9.17) is 4.74 Å². The number of hydrogen-bond donors (Lipinski definition) is 0. The summed E-state index contributed by atoms with van der Waals surface area (Å²) in [4.78, 5) is 51.3. The molecule has 8 heteroatoms. The Morgan fingerprint density at radius 3 is 2.34 bits per heavy atom. The van der Waals surface area contributed by atoms with Crippen molar-refractivity contribution in [2.24, 2.45) is 5.41 Å². The standard InChI is InChI=1S/C24H24N2O6/c1-16(27)32-19-12-13-24(20(21(19)26(30)31)18-10-6-3-7-11-18)15-25(23(29)22(24)28)14-17-8-4-2-5-9-17/h2-11,19-21H,12-15H2,1H3/t19-,20-,21+,24-/m0/s1. The number of rotatable bonds is 5. The maximum Gasteiger partial charge on any atom is 0.303 e. The molecular formula is C24H24N2O6. The first-order valence-electron chi connectivity index (χ1n) is 10.6. The van der Waals surface area contributed by atoms with E-state index in [2.05, 4.69) is 0 Å². The first-order chi connectivity index (χ1) is 15.3. The van der Waals surface area contributed by atoms with Crippen LogP contribution in [-0.4, -0.2) is 46.2 Å². The van der Waals surface area contributed by atoms with E-state index in [1.54, 1.807) is 30.3 Å². The first kappa shape index (κ1) is 21.7. The van der Waals surface area contributed by atoms with Crippen LogP contribution in [0.4, 0.5) is 0 Å². The van der Waals surface area contributed by atoms with E-state index in [-0.39, 0.29) is 25.9 Å². The monoisotopic (exact) mass is 436 g/mol. The molecule has 0 N–H and O–H groups in total. The molecule has 0 radical (unpaired) electrons. The summed E-state index contributed by atoms with van der Waals surface area (Å²) in [6.07, 6.45) is -0.596. The molecule has 8 nitrogen and oxygen atoms in total. The third kappa shape index (κ3) is 3.77. The average Bonchev–Trinajstić information content (AvgIpc) is 3.00. The Morgan fingerprint density at radius 1 is 1.12 bits per heavy atom. The fourth-order valence-electron chi connectivity index (χ4n) is 5.25. The van der Waals surface area contributed by atoms with Gasteiger partial charge in [0.2, 0.25) is 5.78 Å². The molecular weight excluding hydrogens is 412 g/mol. The molecule has 0 unspecified atom stereocenters. The molecule has 1 spiro atoms. The lowest BCUT2D eigenvalue weighted by molar-refractivity contribution is -0.544. The summed E-state index contributed by atoms with van der Waals surface area (Å²) in [7, 11) is 0. The highest BCUT2D eigenvalue weighted by molar-refractivity contribution is 6.40. The summed E-state index contributed by atoms with van der Waals surface area (Å²) in [5.74, 6) is -2.73. The highest BCUT2D eigenvalue weighted by Crippen LogP contribution is 2.53. The van der Waals surface area contributed by atoms with Gasteiger partial charge in [0.25, 0.3) is 11.9 Å². The molecule has 1 aliphatic heterocycles. The molecule has 1 heterocycles. The number of likely N-dealkylation sites (tertiary alicyclic amines) is 1. The molecule has 32 heavy (non-hydrogen) atoms. The zero-order valence-electron chi connectivity index (χ0n) is 17.7. The molecule has 2 fully saturated rings. The van der Waals surface area contributed by atoms with Gasteiger partial charge in [0.1, 0.15) is 0 Å². The molecule has 4 rings (SSSR count). The number of carbonyl (C=O) groups excluding carboxylic acids is 3. The third-order valence-electron chi connectivity index (χ3n) is 6.54. The Balaban J connectivity index is 1.77. The van der Waals surface area contributed by atoms with Crippen molar-refractivity contribution in [3.63, 3.8) is 0 Å². The zero-order valence-corrected chi connectivity index (χ0v) is 17.7. The van der Waals surface area contributed by atoms with Gasteiger partial charge in [-0.05, 0) is 24.0 Å². The van der Waals surface area contributed by atoms with Gasteiger partial charge in [0.05, 0.1) is 11.3 Å². The predicted molar refractivity (Wildman–Crippen MR) is 114 cm³/mol. The topological polar surface area (TPSA) is 107 Å². The Kier molecular flexibility index (Phi) is 5.78. The van der Waals surface area contributed by atoms with Crippen molar-refractivity contribution in [2.45, 2.75) is 44.4 Å². The van der Waals surface area contributed by atoms with Crippen LogP contribution in [0.3, 0.4) is 0 Å². The minimum atomic E-state index is -1.33. The van der Waals surface area contributed by atoms with Gasteiger partial charge in [-0.15, -0.1) is 0 Å². The van der Waals surface area contributed by atoms with Gasteiger partial charge in [0.15, 0.2) is 6.10 Å². The number of nitrogens with zero attached hydrogens (tertiary/aromatic N) is 2. The van der Waals surface area contributed by atoms with Crippen molar-refractivity contribution in [2.75, 3.05) is 6.54 Å². The van der Waals surface area contributed by atoms with Gasteiger partial charge in [0, 0.05) is 24.9 Å². The van der Waals surface area contributed by atoms with Crippen LogP contribution >= 0.6 is 0 Å². The Labute approximate surface area is 185 Å². The summed E-state index contributed by atoms with van der Waals surface area (Å²) in [6, 6.07) is 16.7. The summed E-state index contributed by atoms with van der Waals surface area (Å²) < 4.78 is 5.31. The summed E-state index contributed by atoms with van der Waals surface area (Å²) in [5.41, 5.74) is 0.219. The number of ether oxygens (including phenoxy) is 1. The largest absolute Gasteiger partial charge is 0.455 e. The molecule has 0 aromatic heterocycles. The number of carbonyl (C=O) groups is 3. The lowest BCUT2D eigenvalue weighted by atomic mass is 9.59. The summed E-state index contributed by atoms with van der Waals surface area (Å²) in [6.45, 7) is 1.56. The molecule has 2 aromatic rings. The second-order valence-electron chi connectivity index (χ2n) is 8.48. The quantitative estimate of drug-likeness (QED) is 0.309. The number of nitro groups is 1. The van der Waals surface area contributed by atoms with Gasteiger partial charge in [-0.25, -0.2) is 0 Å². The van der Waals surface area contributed by atoms with Gasteiger partial charge in [-0.2, -0.15) is 0 Å². The van der Waals surface area contributed by atoms with Crippen LogP contribution in [0, 0.1) is 15.5 Å². The van der Waals surface area contributed by atoms with Crippen LogP contribution in [0.25, 0.3) is 0 Å². The van der Waals surface area contributed by atoms with E-state index in [0.717, 1.165) is 5.56 Å². The fourth-order valence-corrected chi connectivity index (χ4v) is 5.25. The van der Waals surface area contributed by atoms with Gasteiger partial charge >= 0.3 is 5.97 Å². The number of benzene rings is 2. The smallest absolute Gasteiger partial charge is 0.303 e. The van der Waals surface area contributed by atoms with E-state index in [0.29, 0.717) is 5.56 Å². The highest BCUT2D eigenvalue weighted by atomic mass is 16.6. The van der Waals surface area contributed by atoms with Crippen LogP contribution in [-0.2, 0) is 25.7 Å². The maximum absolute atomic E-state index is 13.4. The van der Waals surface area contributed by atoms with Crippen LogP contribution in [0.2, 0.25) is 0 Å². The number of Topliss-reactive ketones (excluding diaryl/α,β-unsaturated/α-hetero) is 1. The predicted octanol–water partition coefficient (Wildman–Crippen LogP) is 2.74. The lowest BCUT2D eigenvalue weighted by Gasteiger charge is -2.43. The molecule has 1 aliphatic carbocycles. The number of esters is 1. The minimum Gasteiger partial charge on any atom is -0.455 e. The minimum absolute atomic E-state index is 0.0935. The number of hydrogen-bond acceptors (Lipinski definition) is 6. The van der Waals surface area contributed by atoms with Crippen molar-refractivity contribution in [1.82, 2.24) is 4.90 Å². The van der Waals surface area contributed by atoms with E-state index < -0.39 is 46.1 Å². The molecule has 166 valence electrons. The van der Waals surface area contributed by atoms with Crippen molar-refractivity contribution in [3.05, 3.63) is 81.9 Å². The second kappa shape index (κ2) is 8.53. The van der Waals surface area contributed by atoms with Gasteiger partial charge in [-0.3, -0.25) is 24.5 Å². The van der Waals surface area contributed by atoms with Crippen molar-refractivity contribution in [3.8, 4) is 0 Å². The third-order valence-corrected chi connectivity index (χ3v) is 6.54. The SMILES string of the molecule is CC(=O)O[C@H]1CC[C@]2(CN(Cc3ccccc3)C(=O)C2=O)[C@@H](c2ccccc2)[C@@H]1[N+](=O)[O-]. The molecule has 2 aromatic carbocycles. The van der Waals surface area contributed by atoms with E-state index >= 15 is 0 Å². The van der Waals surface area contributed by atoms with Crippen LogP contribution in [0.15, 0.2) is 60.7 Å². The molecule has 4 atom stereocenters. The molecule has 1 saturated heterocycles. The summed E-state index contributed by atoms with van der Waals surface area (Å²) >= 11 is 0. The van der Waals surface area contributed by atoms with Crippen LogP contribution < -0.4 is 0 Å². The number of amides is 1. The highest BCUT2D eigenvalue weighted by Gasteiger charge is 2.65. The maximum atomic E-state index is 13.4. The van der Waals surface area contributed by atoms with E-state index in [9.17, 15) is 24.5 Å². The Hall–Kier alpha value is -3.55. The van der Waals surface area contributed by atoms with Crippen molar-refractivity contribution in [1.29, 1.82) is 0 Å². The van der Waals surface area contributed by atoms with Gasteiger partial charge in [-0.1, -0.05) is 60.7 Å². The van der Waals surface area contributed by atoms with Gasteiger partial charge < -0.3 is 9.64 Å².